The van der Waals surface area contributed by atoms with Crippen LogP contribution in [-0.2, 0) is 0 Å². The Morgan fingerprint density at radius 1 is 0.880 bits per heavy atom. The first kappa shape index (κ1) is 17.7. The van der Waals surface area contributed by atoms with Crippen LogP contribution in [-0.4, -0.2) is 20.7 Å². The minimum absolute atomic E-state index is 0.0197. The molecule has 0 heterocycles. The molecule has 1 N–H and O–H groups in total. The zero-order chi connectivity index (χ0) is 18.7. The number of anilines is 1. The van der Waals surface area contributed by atoms with E-state index in [1.54, 1.807) is 0 Å². The van der Waals surface area contributed by atoms with Crippen molar-refractivity contribution in [1.82, 2.24) is 0 Å². The van der Waals surface area contributed by atoms with Gasteiger partial charge in [-0.05, 0) is 18.2 Å². The normalized spacial score (nSPS) is 10.1. The molecule has 0 aliphatic carbocycles. The van der Waals surface area contributed by atoms with Crippen LogP contribution in [0.5, 0.6) is 0 Å². The average molecular weight is 367 g/mol. The fourth-order valence-corrected chi connectivity index (χ4v) is 2.09. The molecule has 2 aromatic carbocycles. The Kier molecular flexibility index (Phi) is 4.89. The van der Waals surface area contributed by atoms with Crippen LogP contribution in [0.4, 0.5) is 22.7 Å². The zero-order valence-corrected chi connectivity index (χ0v) is 12.8. The number of hydrogen-bond acceptors (Lipinski definition) is 7. The third-order valence-electron chi connectivity index (χ3n) is 3.03. The lowest BCUT2D eigenvalue weighted by molar-refractivity contribution is -0.394. The Morgan fingerprint density at radius 2 is 1.52 bits per heavy atom. The van der Waals surface area contributed by atoms with Crippen LogP contribution in [0.15, 0.2) is 36.4 Å². The predicted octanol–water partition coefficient (Wildman–Crippen LogP) is 3.32. The van der Waals surface area contributed by atoms with Gasteiger partial charge in [-0.15, -0.1) is 0 Å². The van der Waals surface area contributed by atoms with Gasteiger partial charge in [-0.25, -0.2) is 0 Å². The highest BCUT2D eigenvalue weighted by Gasteiger charge is 2.24. The highest BCUT2D eigenvalue weighted by molar-refractivity contribution is 6.32. The van der Waals surface area contributed by atoms with Gasteiger partial charge in [0.2, 0.25) is 0 Å². The summed E-state index contributed by atoms with van der Waals surface area (Å²) in [5.74, 6) is -0.960. The van der Waals surface area contributed by atoms with Gasteiger partial charge in [-0.3, -0.25) is 35.1 Å². The van der Waals surface area contributed by atoms with Gasteiger partial charge in [0.15, 0.2) is 0 Å². The molecule has 0 spiro atoms. The first-order valence-electron chi connectivity index (χ1n) is 6.39. The van der Waals surface area contributed by atoms with Crippen LogP contribution < -0.4 is 5.32 Å². The van der Waals surface area contributed by atoms with Gasteiger partial charge < -0.3 is 5.32 Å². The molecule has 0 fully saturated rings. The maximum Gasteiger partial charge on any atom is 0.289 e. The number of amides is 1. The number of benzene rings is 2. The van der Waals surface area contributed by atoms with Crippen molar-refractivity contribution in [2.45, 2.75) is 0 Å². The van der Waals surface area contributed by atoms with Crippen LogP contribution in [0.2, 0.25) is 5.02 Å². The van der Waals surface area contributed by atoms with E-state index in [0.717, 1.165) is 18.2 Å². The summed E-state index contributed by atoms with van der Waals surface area (Å²) in [7, 11) is 0. The maximum atomic E-state index is 12.2. The van der Waals surface area contributed by atoms with E-state index in [1.165, 1.54) is 12.1 Å². The fraction of sp³-hybridized carbons (Fsp3) is 0. The molecule has 12 heteroatoms. The number of halogens is 1. The van der Waals surface area contributed by atoms with Crippen LogP contribution in [0.1, 0.15) is 10.4 Å². The molecule has 0 saturated carbocycles. The molecule has 0 atom stereocenters. The van der Waals surface area contributed by atoms with Crippen LogP contribution in [0.25, 0.3) is 0 Å². The molecular weight excluding hydrogens is 360 g/mol. The van der Waals surface area contributed by atoms with Gasteiger partial charge in [0.25, 0.3) is 23.0 Å². The van der Waals surface area contributed by atoms with Crippen molar-refractivity contribution in [3.8, 4) is 0 Å². The number of nitro benzene ring substituents is 3. The SMILES string of the molecule is O=C(Nc1ccc(Cl)c([N+](=O)[O-])c1)c1ccc([N+](=O)[O-])cc1[N+](=O)[O-]. The monoisotopic (exact) mass is 366 g/mol. The third-order valence-corrected chi connectivity index (χ3v) is 3.35. The number of nitro groups is 3. The summed E-state index contributed by atoms with van der Waals surface area (Å²) in [6.45, 7) is 0. The van der Waals surface area contributed by atoms with Crippen molar-refractivity contribution in [2.24, 2.45) is 0 Å². The van der Waals surface area contributed by atoms with Crippen molar-refractivity contribution in [1.29, 1.82) is 0 Å². The number of nitrogens with zero attached hydrogens (tertiary/aromatic N) is 3. The highest BCUT2D eigenvalue weighted by atomic mass is 35.5. The Bertz CT molecular complexity index is 915. The standard InChI is InChI=1S/C13H7ClN4O7/c14-10-4-1-7(5-12(10)18(24)25)15-13(19)9-3-2-8(16(20)21)6-11(9)17(22)23/h1-6H,(H,15,19). The summed E-state index contributed by atoms with van der Waals surface area (Å²) in [4.78, 5) is 42.2. The molecular formula is C13H7ClN4O7. The Morgan fingerprint density at radius 3 is 2.08 bits per heavy atom. The van der Waals surface area contributed by atoms with Gasteiger partial charge >= 0.3 is 0 Å². The summed E-state index contributed by atoms with van der Waals surface area (Å²) in [5.41, 5.74) is -2.24. The Balaban J connectivity index is 2.38. The average Bonchev–Trinajstić information content (AvgIpc) is 2.55. The second-order valence-electron chi connectivity index (χ2n) is 4.59. The molecule has 25 heavy (non-hydrogen) atoms. The summed E-state index contributed by atoms with van der Waals surface area (Å²) in [6.07, 6.45) is 0. The van der Waals surface area contributed by atoms with Crippen molar-refractivity contribution < 1.29 is 19.6 Å². The number of carbonyl (C=O) groups is 1. The van der Waals surface area contributed by atoms with Crippen molar-refractivity contribution >= 4 is 40.3 Å². The van der Waals surface area contributed by atoms with Gasteiger partial charge in [-0.2, -0.15) is 0 Å². The van der Waals surface area contributed by atoms with Crippen molar-refractivity contribution in [3.05, 3.63) is 77.3 Å². The molecule has 0 unspecified atom stereocenters. The number of hydrogen-bond donors (Lipinski definition) is 1. The van der Waals surface area contributed by atoms with Gasteiger partial charge in [-0.1, -0.05) is 11.6 Å². The predicted molar refractivity (Wildman–Crippen MR) is 85.8 cm³/mol. The van der Waals surface area contributed by atoms with Gasteiger partial charge in [0, 0.05) is 17.8 Å². The molecule has 0 saturated heterocycles. The minimum Gasteiger partial charge on any atom is -0.322 e. The lowest BCUT2D eigenvalue weighted by Gasteiger charge is -2.06. The van der Waals surface area contributed by atoms with E-state index in [9.17, 15) is 35.1 Å². The van der Waals surface area contributed by atoms with E-state index >= 15 is 0 Å². The van der Waals surface area contributed by atoms with E-state index in [1.807, 2.05) is 0 Å². The van der Waals surface area contributed by atoms with Crippen LogP contribution in [0, 0.1) is 30.3 Å². The van der Waals surface area contributed by atoms with Crippen LogP contribution in [0.3, 0.4) is 0 Å². The summed E-state index contributed by atoms with van der Waals surface area (Å²) >= 11 is 5.65. The van der Waals surface area contributed by atoms with E-state index in [0.29, 0.717) is 6.07 Å². The Labute approximate surface area is 143 Å². The number of non-ortho nitro benzene ring substituents is 1. The van der Waals surface area contributed by atoms with E-state index in [4.69, 9.17) is 11.6 Å². The van der Waals surface area contributed by atoms with E-state index < -0.39 is 43.3 Å². The molecule has 2 rings (SSSR count). The quantitative estimate of drug-likeness (QED) is 0.627. The molecule has 128 valence electrons. The molecule has 2 aromatic rings. The van der Waals surface area contributed by atoms with E-state index in [2.05, 4.69) is 5.32 Å². The topological polar surface area (TPSA) is 159 Å². The minimum atomic E-state index is -0.960. The second-order valence-corrected chi connectivity index (χ2v) is 5.00. The number of carbonyl (C=O) groups excluding carboxylic acids is 1. The molecule has 0 aliphatic heterocycles. The molecule has 1 amide bonds. The summed E-state index contributed by atoms with van der Waals surface area (Å²) < 4.78 is 0. The van der Waals surface area contributed by atoms with Crippen LogP contribution >= 0.6 is 11.6 Å². The van der Waals surface area contributed by atoms with Gasteiger partial charge in [0.05, 0.1) is 20.8 Å². The maximum absolute atomic E-state index is 12.2. The summed E-state index contributed by atoms with van der Waals surface area (Å²) in [5, 5.41) is 34.7. The van der Waals surface area contributed by atoms with E-state index in [-0.39, 0.29) is 10.7 Å². The lowest BCUT2D eigenvalue weighted by atomic mass is 10.1. The Hall–Kier alpha value is -3.60. The summed E-state index contributed by atoms with van der Waals surface area (Å²) in [6, 6.07) is 5.95. The molecule has 0 bridgehead atoms. The molecule has 0 radical (unpaired) electrons. The smallest absolute Gasteiger partial charge is 0.289 e. The van der Waals surface area contributed by atoms with Crippen molar-refractivity contribution in [3.63, 3.8) is 0 Å². The van der Waals surface area contributed by atoms with Gasteiger partial charge in [0.1, 0.15) is 10.6 Å². The lowest BCUT2D eigenvalue weighted by Crippen LogP contribution is -2.14. The zero-order valence-electron chi connectivity index (χ0n) is 12.0. The third kappa shape index (κ3) is 3.84. The highest BCUT2D eigenvalue weighted by Crippen LogP contribution is 2.29. The fourth-order valence-electron chi connectivity index (χ4n) is 1.91. The second kappa shape index (κ2) is 6.88. The molecule has 11 nitrogen and oxygen atoms in total. The molecule has 0 aromatic heterocycles. The van der Waals surface area contributed by atoms with Crippen molar-refractivity contribution in [2.75, 3.05) is 5.32 Å². The number of rotatable bonds is 5. The largest absolute Gasteiger partial charge is 0.322 e. The number of nitrogens with one attached hydrogen (secondary N) is 1. The molecule has 0 aliphatic rings. The first-order chi connectivity index (χ1) is 11.7. The first-order valence-corrected chi connectivity index (χ1v) is 6.76.